The summed E-state index contributed by atoms with van der Waals surface area (Å²) in [6.45, 7) is 2.86. The summed E-state index contributed by atoms with van der Waals surface area (Å²) in [5.74, 6) is 1.67. The Kier molecular flexibility index (Phi) is 5.66. The normalized spacial score (nSPS) is 16.5. The smallest absolute Gasteiger partial charge is 0.260 e. The van der Waals surface area contributed by atoms with Crippen LogP contribution in [-0.2, 0) is 6.54 Å². The second-order valence-electron chi connectivity index (χ2n) is 5.99. The summed E-state index contributed by atoms with van der Waals surface area (Å²) in [6, 6.07) is 7.30. The molecule has 0 bridgehead atoms. The van der Waals surface area contributed by atoms with Crippen LogP contribution in [-0.4, -0.2) is 42.7 Å². The fourth-order valence-corrected chi connectivity index (χ4v) is 3.32. The van der Waals surface area contributed by atoms with E-state index in [1.165, 1.54) is 0 Å². The maximum Gasteiger partial charge on any atom is 0.260 e. The predicted molar refractivity (Wildman–Crippen MR) is 101 cm³/mol. The van der Waals surface area contributed by atoms with Gasteiger partial charge in [-0.2, -0.15) is 0 Å². The van der Waals surface area contributed by atoms with Crippen LogP contribution in [0.4, 0.5) is 0 Å². The van der Waals surface area contributed by atoms with E-state index in [1.807, 2.05) is 30.0 Å². The van der Waals surface area contributed by atoms with E-state index in [-0.39, 0.29) is 11.9 Å². The third-order valence-corrected chi connectivity index (χ3v) is 4.90. The molecule has 0 fully saturated rings. The summed E-state index contributed by atoms with van der Waals surface area (Å²) in [7, 11) is 3.22. The van der Waals surface area contributed by atoms with Crippen LogP contribution < -0.4 is 14.2 Å². The molecular formula is C19H21BrN2O4. The van der Waals surface area contributed by atoms with Crippen molar-refractivity contribution in [3.63, 3.8) is 0 Å². The van der Waals surface area contributed by atoms with Crippen molar-refractivity contribution in [2.45, 2.75) is 25.9 Å². The molecule has 6 nitrogen and oxygen atoms in total. The summed E-state index contributed by atoms with van der Waals surface area (Å²) in [5, 5.41) is 0. The van der Waals surface area contributed by atoms with Gasteiger partial charge in [0.1, 0.15) is 23.7 Å². The fourth-order valence-electron chi connectivity index (χ4n) is 2.99. The molecule has 0 aliphatic carbocycles. The molecule has 2 aromatic rings. The van der Waals surface area contributed by atoms with E-state index >= 15 is 0 Å². The number of halogens is 1. The molecule has 26 heavy (non-hydrogen) atoms. The number of benzene rings is 1. The van der Waals surface area contributed by atoms with Gasteiger partial charge < -0.3 is 19.1 Å². The first-order valence-corrected chi connectivity index (χ1v) is 9.16. The van der Waals surface area contributed by atoms with Crippen molar-refractivity contribution in [1.82, 2.24) is 9.88 Å². The summed E-state index contributed by atoms with van der Waals surface area (Å²) >= 11 is 3.38. The number of fused-ring (bicyclic) bond motifs is 1. The van der Waals surface area contributed by atoms with Gasteiger partial charge in [0.15, 0.2) is 0 Å². The number of carbonyl (C=O) groups excluding carboxylic acids is 1. The predicted octanol–water partition coefficient (Wildman–Crippen LogP) is 3.67. The first kappa shape index (κ1) is 18.5. The number of ether oxygens (including phenoxy) is 3. The first-order chi connectivity index (χ1) is 12.6. The molecule has 1 aromatic carbocycles. The Labute approximate surface area is 161 Å². The largest absolute Gasteiger partial charge is 0.497 e. The lowest BCUT2D eigenvalue weighted by Crippen LogP contribution is -2.41. The maximum atomic E-state index is 13.2. The van der Waals surface area contributed by atoms with E-state index < -0.39 is 0 Å². The Balaban J connectivity index is 1.97. The van der Waals surface area contributed by atoms with E-state index in [2.05, 4.69) is 20.9 Å². The zero-order valence-corrected chi connectivity index (χ0v) is 16.6. The second-order valence-corrected chi connectivity index (χ2v) is 6.91. The van der Waals surface area contributed by atoms with Crippen molar-refractivity contribution < 1.29 is 19.0 Å². The van der Waals surface area contributed by atoms with Crippen LogP contribution in [0.25, 0.3) is 0 Å². The van der Waals surface area contributed by atoms with Gasteiger partial charge in [-0.25, -0.2) is 4.98 Å². The van der Waals surface area contributed by atoms with Crippen molar-refractivity contribution in [3.05, 3.63) is 46.1 Å². The van der Waals surface area contributed by atoms with E-state index in [0.29, 0.717) is 36.1 Å². The van der Waals surface area contributed by atoms with Gasteiger partial charge in [0.25, 0.3) is 5.91 Å². The van der Waals surface area contributed by atoms with Crippen LogP contribution in [0.1, 0.15) is 29.3 Å². The summed E-state index contributed by atoms with van der Waals surface area (Å²) in [4.78, 5) is 19.3. The number of rotatable bonds is 5. The molecule has 0 saturated heterocycles. The van der Waals surface area contributed by atoms with E-state index in [9.17, 15) is 4.79 Å². The molecule has 0 unspecified atom stereocenters. The van der Waals surface area contributed by atoms with Gasteiger partial charge in [0.05, 0.1) is 26.8 Å². The van der Waals surface area contributed by atoms with Gasteiger partial charge in [0.2, 0.25) is 5.88 Å². The molecule has 0 N–H and O–H groups in total. The van der Waals surface area contributed by atoms with Crippen LogP contribution in [0.5, 0.6) is 17.4 Å². The molecule has 0 spiro atoms. The highest BCUT2D eigenvalue weighted by Crippen LogP contribution is 2.31. The number of hydrogen-bond acceptors (Lipinski definition) is 5. The number of nitrogens with zero attached hydrogens (tertiary/aromatic N) is 2. The zero-order valence-electron chi connectivity index (χ0n) is 15.0. The monoisotopic (exact) mass is 420 g/mol. The minimum atomic E-state index is -0.101. The molecule has 0 radical (unpaired) electrons. The SMILES string of the molecule is CC[C@H]1COc2ncc(Br)cc2C(=O)N1Cc1ccc(OC)cc1OC. The van der Waals surface area contributed by atoms with Gasteiger partial charge in [-0.3, -0.25) is 4.79 Å². The van der Waals surface area contributed by atoms with Gasteiger partial charge >= 0.3 is 0 Å². The Bertz CT molecular complexity index is 812. The number of carbonyl (C=O) groups is 1. The lowest BCUT2D eigenvalue weighted by molar-refractivity contribution is 0.0627. The van der Waals surface area contributed by atoms with Crippen molar-refractivity contribution >= 4 is 21.8 Å². The highest BCUT2D eigenvalue weighted by molar-refractivity contribution is 9.10. The van der Waals surface area contributed by atoms with Crippen LogP contribution in [0, 0.1) is 0 Å². The van der Waals surface area contributed by atoms with Crippen LogP contribution >= 0.6 is 15.9 Å². The highest BCUT2D eigenvalue weighted by Gasteiger charge is 2.31. The lowest BCUT2D eigenvalue weighted by Gasteiger charge is -2.29. The second kappa shape index (κ2) is 7.95. The molecule has 1 aliphatic rings. The zero-order chi connectivity index (χ0) is 18.7. The maximum absolute atomic E-state index is 13.2. The van der Waals surface area contributed by atoms with Crippen molar-refractivity contribution in [2.24, 2.45) is 0 Å². The Hall–Kier alpha value is -2.28. The van der Waals surface area contributed by atoms with Crippen LogP contribution in [0.2, 0.25) is 0 Å². The summed E-state index contributed by atoms with van der Waals surface area (Å²) < 4.78 is 17.3. The quantitative estimate of drug-likeness (QED) is 0.738. The number of aromatic nitrogens is 1. The van der Waals surface area contributed by atoms with Gasteiger partial charge in [0, 0.05) is 22.3 Å². The molecule has 3 rings (SSSR count). The van der Waals surface area contributed by atoms with E-state index in [4.69, 9.17) is 14.2 Å². The lowest BCUT2D eigenvalue weighted by atomic mass is 10.1. The average molecular weight is 421 g/mol. The average Bonchev–Trinajstić information content (AvgIpc) is 2.79. The standard InChI is InChI=1S/C19H21BrN2O4/c1-4-14-11-26-18-16(7-13(20)9-21-18)19(23)22(14)10-12-5-6-15(24-2)8-17(12)25-3/h5-9,14H,4,10-11H2,1-3H3/t14-/m0/s1. The third kappa shape index (κ3) is 3.62. The topological polar surface area (TPSA) is 60.9 Å². The molecule has 138 valence electrons. The number of amides is 1. The van der Waals surface area contributed by atoms with E-state index in [0.717, 1.165) is 16.5 Å². The minimum Gasteiger partial charge on any atom is -0.497 e. The molecular weight excluding hydrogens is 400 g/mol. The molecule has 1 aromatic heterocycles. The fraction of sp³-hybridized carbons (Fsp3) is 0.368. The van der Waals surface area contributed by atoms with Gasteiger partial charge in [-0.1, -0.05) is 6.92 Å². The number of pyridine rings is 1. The van der Waals surface area contributed by atoms with Crippen LogP contribution in [0.15, 0.2) is 34.9 Å². The minimum absolute atomic E-state index is 0.0534. The highest BCUT2D eigenvalue weighted by atomic mass is 79.9. The Morgan fingerprint density at radius 2 is 2.12 bits per heavy atom. The Morgan fingerprint density at radius 3 is 2.81 bits per heavy atom. The molecule has 1 amide bonds. The van der Waals surface area contributed by atoms with Crippen molar-refractivity contribution in [2.75, 3.05) is 20.8 Å². The van der Waals surface area contributed by atoms with E-state index in [1.54, 1.807) is 26.5 Å². The molecule has 1 atom stereocenters. The van der Waals surface area contributed by atoms with Gasteiger partial charge in [-0.05, 0) is 40.5 Å². The summed E-state index contributed by atoms with van der Waals surface area (Å²) in [6.07, 6.45) is 2.41. The van der Waals surface area contributed by atoms with Gasteiger partial charge in [-0.15, -0.1) is 0 Å². The number of methoxy groups -OCH3 is 2. The third-order valence-electron chi connectivity index (χ3n) is 4.47. The number of hydrogen-bond donors (Lipinski definition) is 0. The Morgan fingerprint density at radius 1 is 1.31 bits per heavy atom. The van der Waals surface area contributed by atoms with Crippen molar-refractivity contribution in [3.8, 4) is 17.4 Å². The molecule has 1 aliphatic heterocycles. The molecule has 0 saturated carbocycles. The van der Waals surface area contributed by atoms with Crippen LogP contribution in [0.3, 0.4) is 0 Å². The molecule has 7 heteroatoms. The summed E-state index contributed by atoms with van der Waals surface area (Å²) in [5.41, 5.74) is 1.37. The first-order valence-electron chi connectivity index (χ1n) is 8.37. The van der Waals surface area contributed by atoms with Crippen molar-refractivity contribution in [1.29, 1.82) is 0 Å². The molecule has 2 heterocycles.